The Labute approximate surface area is 289 Å². The highest BCUT2D eigenvalue weighted by Crippen LogP contribution is 2.54. The maximum absolute atomic E-state index is 5.34. The molecule has 9 aromatic rings. The molecule has 2 atom stereocenters. The Morgan fingerprint density at radius 3 is 2.32 bits per heavy atom. The molecule has 50 heavy (non-hydrogen) atoms. The van der Waals surface area contributed by atoms with Gasteiger partial charge in [0.1, 0.15) is 24.5 Å². The SMILES string of the molecule is C1=CC2=NC3C(c4ccccc4N3c3cccc4ccc5c(sc6c7ccccc7c7c(c8ccccc8n7-c7ncncn7)c56)c34)N2C=C1. The lowest BCUT2D eigenvalue weighted by molar-refractivity contribution is 0.414. The van der Waals surface area contributed by atoms with Crippen LogP contribution < -0.4 is 4.90 Å². The Hall–Kier alpha value is -6.38. The third-order valence-corrected chi connectivity index (χ3v) is 11.9. The number of benzene rings is 6. The molecule has 3 aliphatic heterocycles. The van der Waals surface area contributed by atoms with Crippen LogP contribution in [0.4, 0.5) is 11.4 Å². The van der Waals surface area contributed by atoms with Crippen molar-refractivity contribution >= 4 is 92.1 Å². The van der Waals surface area contributed by atoms with Crippen LogP contribution in [-0.2, 0) is 0 Å². The summed E-state index contributed by atoms with van der Waals surface area (Å²) in [7, 11) is 0. The van der Waals surface area contributed by atoms with E-state index in [1.807, 2.05) is 11.3 Å². The maximum atomic E-state index is 5.34. The van der Waals surface area contributed by atoms with Crippen LogP contribution in [0, 0.1) is 0 Å². The Morgan fingerprint density at radius 1 is 0.620 bits per heavy atom. The van der Waals surface area contributed by atoms with Crippen molar-refractivity contribution in [2.45, 2.75) is 12.2 Å². The molecule has 0 N–H and O–H groups in total. The number of hydrogen-bond acceptors (Lipinski definition) is 7. The van der Waals surface area contributed by atoms with Crippen molar-refractivity contribution < 1.29 is 0 Å². The summed E-state index contributed by atoms with van der Waals surface area (Å²) in [5, 5.41) is 9.82. The molecule has 0 radical (unpaired) electrons. The van der Waals surface area contributed by atoms with Crippen molar-refractivity contribution in [2.24, 2.45) is 4.99 Å². The predicted octanol–water partition coefficient (Wildman–Crippen LogP) is 9.96. The molecule has 2 unspecified atom stereocenters. The zero-order valence-corrected chi connectivity index (χ0v) is 27.3. The maximum Gasteiger partial charge on any atom is 0.237 e. The molecule has 3 aromatic heterocycles. The molecule has 0 amide bonds. The fraction of sp³-hybridized carbons (Fsp3) is 0.0476. The summed E-state index contributed by atoms with van der Waals surface area (Å²) in [6, 6.07) is 37.7. The van der Waals surface area contributed by atoms with E-state index in [1.165, 1.54) is 69.4 Å². The molecule has 234 valence electrons. The molecule has 0 spiro atoms. The topological polar surface area (TPSA) is 62.4 Å². The van der Waals surface area contributed by atoms with Crippen LogP contribution in [0.2, 0.25) is 0 Å². The van der Waals surface area contributed by atoms with Gasteiger partial charge in [-0.1, -0.05) is 91.0 Å². The third-order valence-electron chi connectivity index (χ3n) is 10.7. The number of anilines is 2. The monoisotopic (exact) mass is 659 g/mol. The molecule has 6 aromatic carbocycles. The summed E-state index contributed by atoms with van der Waals surface area (Å²) in [5.41, 5.74) is 5.89. The van der Waals surface area contributed by atoms with E-state index >= 15 is 0 Å². The summed E-state index contributed by atoms with van der Waals surface area (Å²) >= 11 is 1.90. The number of aliphatic imine (C=N–C) groups is 1. The molecule has 6 heterocycles. The van der Waals surface area contributed by atoms with Gasteiger partial charge in [-0.05, 0) is 35.7 Å². The van der Waals surface area contributed by atoms with Crippen LogP contribution in [0.1, 0.15) is 11.6 Å². The van der Waals surface area contributed by atoms with Gasteiger partial charge in [0.15, 0.2) is 6.17 Å². The van der Waals surface area contributed by atoms with Gasteiger partial charge in [-0.25, -0.2) is 19.9 Å². The van der Waals surface area contributed by atoms with E-state index in [9.17, 15) is 0 Å². The van der Waals surface area contributed by atoms with Crippen LogP contribution in [0.3, 0.4) is 0 Å². The molecule has 0 bridgehead atoms. The molecule has 0 saturated carbocycles. The summed E-state index contributed by atoms with van der Waals surface area (Å²) in [6.45, 7) is 0. The number of rotatable bonds is 2. The van der Waals surface area contributed by atoms with Gasteiger partial charge in [-0.2, -0.15) is 0 Å². The van der Waals surface area contributed by atoms with Crippen LogP contribution in [0.15, 0.2) is 145 Å². The zero-order chi connectivity index (χ0) is 32.5. The van der Waals surface area contributed by atoms with Crippen LogP contribution in [0.5, 0.6) is 0 Å². The van der Waals surface area contributed by atoms with Crippen LogP contribution >= 0.6 is 11.3 Å². The van der Waals surface area contributed by atoms with E-state index in [-0.39, 0.29) is 12.2 Å². The lowest BCUT2D eigenvalue weighted by atomic mass is 9.98. The van der Waals surface area contributed by atoms with Crippen molar-refractivity contribution in [2.75, 3.05) is 4.90 Å². The van der Waals surface area contributed by atoms with Crippen molar-refractivity contribution in [1.29, 1.82) is 0 Å². The number of amidine groups is 1. The van der Waals surface area contributed by atoms with Crippen molar-refractivity contribution in [3.63, 3.8) is 0 Å². The molecular formula is C42H25N7S. The number of allylic oxidation sites excluding steroid dienone is 2. The van der Waals surface area contributed by atoms with Gasteiger partial charge >= 0.3 is 0 Å². The second kappa shape index (κ2) is 9.62. The van der Waals surface area contributed by atoms with E-state index in [1.54, 1.807) is 12.7 Å². The van der Waals surface area contributed by atoms with Crippen LogP contribution in [-0.4, -0.2) is 36.4 Å². The van der Waals surface area contributed by atoms with Gasteiger partial charge in [-0.3, -0.25) is 4.57 Å². The minimum absolute atomic E-state index is 0.0732. The number of nitrogens with zero attached hydrogens (tertiary/aromatic N) is 7. The predicted molar refractivity (Wildman–Crippen MR) is 205 cm³/mol. The molecular weight excluding hydrogens is 635 g/mol. The lowest BCUT2D eigenvalue weighted by Crippen LogP contribution is -2.31. The highest BCUT2D eigenvalue weighted by Gasteiger charge is 2.47. The number of hydrogen-bond donors (Lipinski definition) is 0. The number of thiophene rings is 1. The zero-order valence-electron chi connectivity index (χ0n) is 26.5. The third kappa shape index (κ3) is 3.28. The average molecular weight is 660 g/mol. The first kappa shape index (κ1) is 26.6. The van der Waals surface area contributed by atoms with E-state index < -0.39 is 0 Å². The quantitative estimate of drug-likeness (QED) is 0.185. The van der Waals surface area contributed by atoms with Gasteiger partial charge in [0.2, 0.25) is 5.95 Å². The summed E-state index contributed by atoms with van der Waals surface area (Å²) in [6.07, 6.45) is 11.5. The van der Waals surface area contributed by atoms with Gasteiger partial charge < -0.3 is 9.80 Å². The van der Waals surface area contributed by atoms with Crippen molar-refractivity contribution in [1.82, 2.24) is 24.4 Å². The minimum Gasteiger partial charge on any atom is -0.322 e. The molecule has 0 saturated heterocycles. The molecule has 0 fully saturated rings. The molecule has 12 rings (SSSR count). The smallest absolute Gasteiger partial charge is 0.237 e. The highest BCUT2D eigenvalue weighted by atomic mass is 32.1. The standard InChI is InChI=1S/C42H25N7S/c1-2-12-26-25(11-1)37-35(27-13-3-5-15-30(27)49(37)42-44-22-43-23-45-42)36-29-20-19-24-10-9-17-32(34(24)40(29)50-39(26)36)48-31-16-6-4-14-28(31)38-41(48)46-33-18-7-8-21-47(33)38/h1-23,38,41H. The lowest BCUT2D eigenvalue weighted by Gasteiger charge is -2.27. The normalized spacial score (nSPS) is 17.9. The first-order chi connectivity index (χ1) is 24.8. The van der Waals surface area contributed by atoms with Crippen molar-refractivity contribution in [3.8, 4) is 5.95 Å². The second-order valence-corrected chi connectivity index (χ2v) is 14.1. The summed E-state index contributed by atoms with van der Waals surface area (Å²) in [4.78, 5) is 23.6. The number of para-hydroxylation sites is 2. The van der Waals surface area contributed by atoms with E-state index in [0.717, 1.165) is 16.9 Å². The Balaban J connectivity index is 1.23. The Morgan fingerprint density at radius 2 is 1.40 bits per heavy atom. The molecule has 0 aliphatic carbocycles. The van der Waals surface area contributed by atoms with E-state index in [0.29, 0.717) is 5.95 Å². The Bertz CT molecular complexity index is 3030. The van der Waals surface area contributed by atoms with Crippen LogP contribution in [0.25, 0.3) is 69.5 Å². The molecule has 3 aliphatic rings. The molecule has 8 heteroatoms. The van der Waals surface area contributed by atoms with E-state index in [4.69, 9.17) is 4.99 Å². The minimum atomic E-state index is -0.0732. The average Bonchev–Trinajstić information content (AvgIpc) is 3.92. The second-order valence-electron chi connectivity index (χ2n) is 13.1. The summed E-state index contributed by atoms with van der Waals surface area (Å²) in [5.74, 6) is 1.63. The molecule has 7 nitrogen and oxygen atoms in total. The first-order valence-electron chi connectivity index (χ1n) is 16.8. The van der Waals surface area contributed by atoms with Gasteiger partial charge in [-0.15, -0.1) is 11.3 Å². The number of fused-ring (bicyclic) bond motifs is 17. The fourth-order valence-electron chi connectivity index (χ4n) is 8.76. The van der Waals surface area contributed by atoms with Gasteiger partial charge in [0.05, 0.1) is 16.7 Å². The fourth-order valence-corrected chi connectivity index (χ4v) is 10.2. The summed E-state index contributed by atoms with van der Waals surface area (Å²) < 4.78 is 4.78. The number of aromatic nitrogens is 4. The van der Waals surface area contributed by atoms with Gasteiger partial charge in [0.25, 0.3) is 0 Å². The van der Waals surface area contributed by atoms with Gasteiger partial charge in [0, 0.05) is 64.6 Å². The highest BCUT2D eigenvalue weighted by molar-refractivity contribution is 7.28. The van der Waals surface area contributed by atoms with Crippen molar-refractivity contribution in [3.05, 3.63) is 146 Å². The largest absolute Gasteiger partial charge is 0.322 e. The first-order valence-corrected chi connectivity index (χ1v) is 17.6. The van der Waals surface area contributed by atoms with E-state index in [2.05, 4.69) is 157 Å². The Kier molecular flexibility index (Phi) is 5.11.